The minimum atomic E-state index is -4.46. The van der Waals surface area contributed by atoms with Gasteiger partial charge in [0.2, 0.25) is 11.8 Å². The van der Waals surface area contributed by atoms with Crippen LogP contribution >= 0.6 is 0 Å². The van der Waals surface area contributed by atoms with Gasteiger partial charge in [0.05, 0.1) is 35.3 Å². The van der Waals surface area contributed by atoms with E-state index in [-0.39, 0.29) is 34.5 Å². The highest BCUT2D eigenvalue weighted by Gasteiger charge is 2.44. The van der Waals surface area contributed by atoms with E-state index in [1.54, 1.807) is 33.0 Å². The van der Waals surface area contributed by atoms with Gasteiger partial charge in [-0.25, -0.2) is 23.1 Å². The van der Waals surface area contributed by atoms with Crippen molar-refractivity contribution in [2.45, 2.75) is 45.4 Å². The van der Waals surface area contributed by atoms with Crippen LogP contribution in [0.2, 0.25) is 0 Å². The number of nitrogens with zero attached hydrogens (tertiary/aromatic N) is 4. The SMILES string of the molecule is Cc1nc2c(OCc3c(F)ccc(F)c3F)cccn2c1-c1nc2c(c(OCCC(F)(F)F)n1)C(C)(C)C(=O)N2. The van der Waals surface area contributed by atoms with E-state index in [0.29, 0.717) is 17.5 Å². The number of hydrogen-bond acceptors (Lipinski definition) is 6. The number of pyridine rings is 1. The van der Waals surface area contributed by atoms with Crippen molar-refractivity contribution in [2.75, 3.05) is 11.9 Å². The average molecular weight is 565 g/mol. The summed E-state index contributed by atoms with van der Waals surface area (Å²) < 4.78 is 92.7. The number of hydrogen-bond donors (Lipinski definition) is 1. The molecule has 5 rings (SSSR count). The fraction of sp³-hybridized carbons (Fsp3) is 0.308. The number of carbonyl (C=O) groups excluding carboxylic acids is 1. The number of halogens is 6. The molecule has 3 aromatic heterocycles. The molecule has 0 atom stereocenters. The number of aryl methyl sites for hydroxylation is 1. The zero-order chi connectivity index (χ0) is 29.0. The Hall–Kier alpha value is -4.36. The molecule has 14 heteroatoms. The molecule has 0 radical (unpaired) electrons. The Morgan fingerprint density at radius 1 is 1.02 bits per heavy atom. The molecule has 0 aliphatic carbocycles. The molecule has 0 bridgehead atoms. The molecule has 0 unspecified atom stereocenters. The first kappa shape index (κ1) is 27.2. The third-order valence-corrected chi connectivity index (χ3v) is 6.44. The lowest BCUT2D eigenvalue weighted by molar-refractivity contribution is -0.139. The number of benzene rings is 1. The lowest BCUT2D eigenvalue weighted by Crippen LogP contribution is -2.27. The van der Waals surface area contributed by atoms with Crippen LogP contribution in [0.3, 0.4) is 0 Å². The molecule has 1 aliphatic heterocycles. The van der Waals surface area contributed by atoms with Crippen LogP contribution in [0.25, 0.3) is 17.2 Å². The van der Waals surface area contributed by atoms with Gasteiger partial charge in [-0.05, 0) is 45.0 Å². The third-order valence-electron chi connectivity index (χ3n) is 6.44. The number of imidazole rings is 1. The lowest BCUT2D eigenvalue weighted by atomic mass is 9.87. The van der Waals surface area contributed by atoms with Gasteiger partial charge in [0.15, 0.2) is 28.9 Å². The van der Waals surface area contributed by atoms with Gasteiger partial charge in [0.25, 0.3) is 0 Å². The maximum absolute atomic E-state index is 14.1. The predicted octanol–water partition coefficient (Wildman–Crippen LogP) is 5.66. The van der Waals surface area contributed by atoms with Crippen LogP contribution in [0.5, 0.6) is 11.6 Å². The van der Waals surface area contributed by atoms with Crippen LogP contribution in [0.15, 0.2) is 30.5 Å². The molecule has 40 heavy (non-hydrogen) atoms. The first-order chi connectivity index (χ1) is 18.8. The average Bonchev–Trinajstić information content (AvgIpc) is 3.32. The van der Waals surface area contributed by atoms with Crippen molar-refractivity contribution in [2.24, 2.45) is 0 Å². The molecular formula is C26H21F6N5O3. The number of aromatic nitrogens is 4. The van der Waals surface area contributed by atoms with Crippen molar-refractivity contribution < 1.29 is 40.6 Å². The van der Waals surface area contributed by atoms with Gasteiger partial charge in [-0.15, -0.1) is 0 Å². The Morgan fingerprint density at radius 3 is 2.48 bits per heavy atom. The van der Waals surface area contributed by atoms with Crippen molar-refractivity contribution in [3.63, 3.8) is 0 Å². The smallest absolute Gasteiger partial charge is 0.392 e. The summed E-state index contributed by atoms with van der Waals surface area (Å²) in [5.74, 6) is -4.04. The summed E-state index contributed by atoms with van der Waals surface area (Å²) in [6, 6.07) is 4.48. The second-order valence-electron chi connectivity index (χ2n) is 9.59. The van der Waals surface area contributed by atoms with Crippen molar-refractivity contribution in [1.29, 1.82) is 0 Å². The van der Waals surface area contributed by atoms with Gasteiger partial charge in [-0.1, -0.05) is 0 Å². The summed E-state index contributed by atoms with van der Waals surface area (Å²) in [7, 11) is 0. The number of fused-ring (bicyclic) bond motifs is 2. The summed E-state index contributed by atoms with van der Waals surface area (Å²) in [5, 5.41) is 2.62. The van der Waals surface area contributed by atoms with E-state index in [9.17, 15) is 31.1 Å². The summed E-state index contributed by atoms with van der Waals surface area (Å²) in [6.45, 7) is 3.39. The Morgan fingerprint density at radius 2 is 1.75 bits per heavy atom. The Kier molecular flexibility index (Phi) is 6.59. The highest BCUT2D eigenvalue weighted by atomic mass is 19.4. The second-order valence-corrected chi connectivity index (χ2v) is 9.59. The number of anilines is 1. The number of ether oxygens (including phenoxy) is 2. The van der Waals surface area contributed by atoms with Crippen molar-refractivity contribution in [1.82, 2.24) is 19.4 Å². The van der Waals surface area contributed by atoms with E-state index in [2.05, 4.69) is 20.3 Å². The van der Waals surface area contributed by atoms with Gasteiger partial charge < -0.3 is 14.8 Å². The standard InChI is InChI=1S/C26H21F6N5O3/c1-12-19(21-34-20-17(25(2,3)24(38)36-20)23(35-21)39-10-8-26(30,31)32)37-9-4-5-16(22(37)33-12)40-11-13-14(27)6-7-15(28)18(13)29/h4-7,9H,8,10-11H2,1-3H3,(H,34,35,36,38). The van der Waals surface area contributed by atoms with Crippen LogP contribution in [-0.4, -0.2) is 38.0 Å². The van der Waals surface area contributed by atoms with E-state index >= 15 is 0 Å². The minimum Gasteiger partial charge on any atom is -0.485 e. The molecule has 1 aliphatic rings. The van der Waals surface area contributed by atoms with Gasteiger partial charge in [0.1, 0.15) is 23.9 Å². The normalized spacial score (nSPS) is 14.4. The predicted molar refractivity (Wildman–Crippen MR) is 129 cm³/mol. The fourth-order valence-electron chi connectivity index (χ4n) is 4.33. The minimum absolute atomic E-state index is 0.0110. The van der Waals surface area contributed by atoms with Crippen LogP contribution in [-0.2, 0) is 16.8 Å². The van der Waals surface area contributed by atoms with E-state index in [4.69, 9.17) is 9.47 Å². The maximum atomic E-state index is 14.1. The van der Waals surface area contributed by atoms with Crippen molar-refractivity contribution >= 4 is 17.4 Å². The highest BCUT2D eigenvalue weighted by Crippen LogP contribution is 2.43. The van der Waals surface area contributed by atoms with Crippen molar-refractivity contribution in [3.8, 4) is 23.1 Å². The number of alkyl halides is 3. The molecule has 0 spiro atoms. The molecule has 0 saturated heterocycles. The topological polar surface area (TPSA) is 90.6 Å². The largest absolute Gasteiger partial charge is 0.485 e. The number of carbonyl (C=O) groups is 1. The lowest BCUT2D eigenvalue weighted by Gasteiger charge is -2.19. The van der Waals surface area contributed by atoms with Gasteiger partial charge in [0, 0.05) is 6.20 Å². The molecule has 4 aromatic rings. The third kappa shape index (κ3) is 4.77. The highest BCUT2D eigenvalue weighted by molar-refractivity contribution is 6.05. The Bertz CT molecular complexity index is 1650. The molecule has 1 amide bonds. The molecule has 210 valence electrons. The van der Waals surface area contributed by atoms with Crippen LogP contribution in [0.1, 0.15) is 37.1 Å². The molecular weight excluding hydrogens is 544 g/mol. The van der Waals surface area contributed by atoms with Crippen LogP contribution in [0.4, 0.5) is 32.2 Å². The van der Waals surface area contributed by atoms with Gasteiger partial charge in [-0.3, -0.25) is 9.20 Å². The quantitative estimate of drug-likeness (QED) is 0.230. The summed E-state index contributed by atoms with van der Waals surface area (Å²) in [5.41, 5.74) is -0.696. The van der Waals surface area contributed by atoms with Crippen molar-refractivity contribution in [3.05, 3.63) is 64.7 Å². The van der Waals surface area contributed by atoms with E-state index in [0.717, 1.165) is 6.07 Å². The monoisotopic (exact) mass is 565 g/mol. The summed E-state index contributed by atoms with van der Waals surface area (Å²) in [6.07, 6.45) is -4.12. The molecule has 0 saturated carbocycles. The summed E-state index contributed by atoms with van der Waals surface area (Å²) >= 11 is 0. The first-order valence-electron chi connectivity index (χ1n) is 11.9. The van der Waals surface area contributed by atoms with Crippen LogP contribution < -0.4 is 14.8 Å². The molecule has 4 heterocycles. The van der Waals surface area contributed by atoms with Crippen LogP contribution in [0, 0.1) is 24.4 Å². The first-order valence-corrected chi connectivity index (χ1v) is 11.9. The zero-order valence-electron chi connectivity index (χ0n) is 21.3. The number of rotatable bonds is 7. The van der Waals surface area contributed by atoms with Gasteiger partial charge >= 0.3 is 6.18 Å². The second kappa shape index (κ2) is 9.68. The maximum Gasteiger partial charge on any atom is 0.392 e. The molecule has 1 aromatic carbocycles. The summed E-state index contributed by atoms with van der Waals surface area (Å²) in [4.78, 5) is 25.8. The number of nitrogens with one attached hydrogen (secondary N) is 1. The van der Waals surface area contributed by atoms with E-state index < -0.39 is 60.1 Å². The Labute approximate surface area is 223 Å². The fourth-order valence-corrected chi connectivity index (χ4v) is 4.33. The zero-order valence-corrected chi connectivity index (χ0v) is 21.3. The molecule has 0 fully saturated rings. The molecule has 1 N–H and O–H groups in total. The Balaban J connectivity index is 1.55. The number of amides is 1. The van der Waals surface area contributed by atoms with Gasteiger partial charge in [-0.2, -0.15) is 18.2 Å². The molecule has 8 nitrogen and oxygen atoms in total. The van der Waals surface area contributed by atoms with E-state index in [1.807, 2.05) is 0 Å². The van der Waals surface area contributed by atoms with E-state index in [1.165, 1.54) is 10.5 Å².